The van der Waals surface area contributed by atoms with Crippen LogP contribution in [0.3, 0.4) is 0 Å². The topological polar surface area (TPSA) is 94.1 Å². The first-order chi connectivity index (χ1) is 17.0. The molecule has 0 unspecified atom stereocenters. The number of hydrogen-bond donors (Lipinski definition) is 2. The Balaban J connectivity index is 1.62. The maximum Gasteiger partial charge on any atom is 0.276 e. The van der Waals surface area contributed by atoms with Crippen LogP contribution in [-0.4, -0.2) is 37.6 Å². The van der Waals surface area contributed by atoms with Crippen LogP contribution in [0, 0.1) is 12.7 Å². The molecule has 0 saturated carbocycles. The molecule has 2 N–H and O–H groups in total. The minimum absolute atomic E-state index is 0.263. The number of anilines is 1. The predicted octanol–water partition coefficient (Wildman–Crippen LogP) is 4.76. The molecule has 0 saturated heterocycles. The minimum Gasteiger partial charge on any atom is -0.454 e. The third-order valence-corrected chi connectivity index (χ3v) is 6.50. The summed E-state index contributed by atoms with van der Waals surface area (Å²) in [5.41, 5.74) is 3.78. The summed E-state index contributed by atoms with van der Waals surface area (Å²) < 4.78 is 26.2. The van der Waals surface area contributed by atoms with E-state index in [2.05, 4.69) is 36.5 Å². The Kier molecular flexibility index (Phi) is 6.12. The monoisotopic (exact) mass is 537 g/mol. The Hall–Kier alpha value is -3.92. The van der Waals surface area contributed by atoms with Gasteiger partial charge in [-0.1, -0.05) is 34.1 Å². The van der Waals surface area contributed by atoms with Crippen LogP contribution in [0.4, 0.5) is 10.2 Å². The fourth-order valence-corrected chi connectivity index (χ4v) is 4.27. The molecule has 10 heteroatoms. The summed E-state index contributed by atoms with van der Waals surface area (Å²) in [4.78, 5) is 12.7. The number of alkyl halides is 1. The van der Waals surface area contributed by atoms with Gasteiger partial charge in [0.15, 0.2) is 5.82 Å². The predicted molar refractivity (Wildman–Crippen MR) is 134 cm³/mol. The first-order valence-electron chi connectivity index (χ1n) is 10.8. The number of rotatable bonds is 7. The van der Waals surface area contributed by atoms with Gasteiger partial charge in [-0.2, -0.15) is 14.9 Å². The van der Waals surface area contributed by atoms with Crippen molar-refractivity contribution in [2.45, 2.75) is 12.7 Å². The summed E-state index contributed by atoms with van der Waals surface area (Å²) in [5.74, 6) is -0.799. The van der Waals surface area contributed by atoms with Crippen LogP contribution >= 0.6 is 15.9 Å². The average molecular weight is 538 g/mol. The number of nitrogens with one attached hydrogen (secondary N) is 2. The number of halogens is 2. The van der Waals surface area contributed by atoms with Crippen molar-refractivity contribution in [1.82, 2.24) is 20.0 Å². The lowest BCUT2D eigenvalue weighted by atomic mass is 10.0. The van der Waals surface area contributed by atoms with E-state index in [4.69, 9.17) is 9.47 Å². The van der Waals surface area contributed by atoms with Crippen LogP contribution in [0.25, 0.3) is 28.2 Å². The number of aromatic amines is 1. The van der Waals surface area contributed by atoms with Crippen LogP contribution in [0.2, 0.25) is 0 Å². The van der Waals surface area contributed by atoms with Crippen LogP contribution in [0.15, 0.2) is 78.0 Å². The normalized spacial score (nSPS) is 13.9. The van der Waals surface area contributed by atoms with Gasteiger partial charge in [-0.25, -0.2) is 4.39 Å². The molecular weight excluding hydrogens is 517 g/mol. The molecular formula is C25H21BrFN5O3. The van der Waals surface area contributed by atoms with Crippen molar-refractivity contribution in [3.8, 4) is 28.2 Å². The fraction of sp³-hybridized carbons (Fsp3) is 0.160. The number of benzene rings is 2. The number of H-pyrrole nitrogens is 1. The second-order valence-electron chi connectivity index (χ2n) is 7.99. The average Bonchev–Trinajstić information content (AvgIpc) is 3.52. The molecule has 0 radical (unpaired) electrons. The van der Waals surface area contributed by atoms with Crippen LogP contribution in [0.5, 0.6) is 0 Å². The lowest BCUT2D eigenvalue weighted by Gasteiger charge is -2.25. The molecule has 0 aliphatic carbocycles. The highest BCUT2D eigenvalue weighted by Crippen LogP contribution is 2.36. The first-order valence-corrected chi connectivity index (χ1v) is 11.9. The fourth-order valence-electron chi connectivity index (χ4n) is 3.81. The number of nitrogens with zero attached hydrogens (tertiary/aromatic N) is 3. The van der Waals surface area contributed by atoms with Gasteiger partial charge < -0.3 is 14.8 Å². The summed E-state index contributed by atoms with van der Waals surface area (Å²) >= 11 is 3.43. The van der Waals surface area contributed by atoms with Crippen LogP contribution in [0.1, 0.15) is 5.56 Å². The lowest BCUT2D eigenvalue weighted by Crippen LogP contribution is -2.40. The minimum atomic E-state index is -0.931. The highest BCUT2D eigenvalue weighted by Gasteiger charge is 2.35. The van der Waals surface area contributed by atoms with E-state index in [9.17, 15) is 9.18 Å². The van der Waals surface area contributed by atoms with Gasteiger partial charge in [0, 0.05) is 11.6 Å². The zero-order valence-corrected chi connectivity index (χ0v) is 20.3. The standard InChI is InChI=1S/C25H21BrFN5O3/c1-16-4-2-3-5-20(16)32-21(33)11-10-19(31-32)22-23(17-6-8-18(27)9-7-17)29-30-24(22)28-15-25(14-26)34-12-13-35-25/h2-13H,14-15H2,1H3,(H2,28,29,30). The van der Waals surface area contributed by atoms with Crippen molar-refractivity contribution in [3.63, 3.8) is 0 Å². The number of para-hydroxylation sites is 1. The summed E-state index contributed by atoms with van der Waals surface area (Å²) in [5, 5.41) is 15.8. The van der Waals surface area contributed by atoms with Gasteiger partial charge in [0.05, 0.1) is 34.5 Å². The number of hydrogen-bond acceptors (Lipinski definition) is 6. The zero-order valence-electron chi connectivity index (χ0n) is 18.7. The van der Waals surface area contributed by atoms with Crippen LogP contribution in [-0.2, 0) is 9.47 Å². The molecule has 4 aromatic rings. The van der Waals surface area contributed by atoms with Crippen molar-refractivity contribution in [2.75, 3.05) is 17.2 Å². The number of aromatic nitrogens is 4. The SMILES string of the molecule is Cc1ccccc1-n1nc(-c2c(NCC3(CBr)OC=CO3)n[nH]c2-c2ccc(F)cc2)ccc1=O. The van der Waals surface area contributed by atoms with E-state index in [-0.39, 0.29) is 17.9 Å². The second-order valence-corrected chi connectivity index (χ2v) is 8.55. The highest BCUT2D eigenvalue weighted by molar-refractivity contribution is 9.09. The summed E-state index contributed by atoms with van der Waals surface area (Å²) in [6, 6.07) is 16.7. The van der Waals surface area contributed by atoms with E-state index in [1.165, 1.54) is 35.4 Å². The Morgan fingerprint density at radius 2 is 1.83 bits per heavy atom. The van der Waals surface area contributed by atoms with Crippen molar-refractivity contribution >= 4 is 21.7 Å². The molecule has 3 heterocycles. The zero-order chi connectivity index (χ0) is 24.4. The molecule has 1 aliphatic heterocycles. The largest absolute Gasteiger partial charge is 0.454 e. The van der Waals surface area contributed by atoms with Gasteiger partial charge in [-0.15, -0.1) is 0 Å². The Labute approximate surface area is 208 Å². The molecule has 0 amide bonds. The van der Waals surface area contributed by atoms with E-state index >= 15 is 0 Å². The molecule has 0 spiro atoms. The third-order valence-electron chi connectivity index (χ3n) is 5.65. The second kappa shape index (κ2) is 9.38. The maximum absolute atomic E-state index is 13.6. The molecule has 178 valence electrons. The van der Waals surface area contributed by atoms with E-state index < -0.39 is 5.79 Å². The summed E-state index contributed by atoms with van der Waals surface area (Å²) in [6.07, 6.45) is 2.97. The van der Waals surface area contributed by atoms with Gasteiger partial charge in [-0.3, -0.25) is 9.89 Å². The first kappa shape index (κ1) is 22.9. The quantitative estimate of drug-likeness (QED) is 0.330. The summed E-state index contributed by atoms with van der Waals surface area (Å²) in [7, 11) is 0. The van der Waals surface area contributed by atoms with Gasteiger partial charge in [0.25, 0.3) is 11.3 Å². The molecule has 1 aliphatic rings. The van der Waals surface area contributed by atoms with Gasteiger partial charge in [0.1, 0.15) is 18.3 Å². The van der Waals surface area contributed by atoms with E-state index in [0.29, 0.717) is 39.4 Å². The van der Waals surface area contributed by atoms with Crippen LogP contribution < -0.4 is 10.9 Å². The van der Waals surface area contributed by atoms with Crippen molar-refractivity contribution in [2.24, 2.45) is 0 Å². The Morgan fingerprint density at radius 1 is 1.09 bits per heavy atom. The Bertz CT molecular complexity index is 1440. The third kappa shape index (κ3) is 4.44. The van der Waals surface area contributed by atoms with Crippen molar-refractivity contribution in [1.29, 1.82) is 0 Å². The number of aryl methyl sites for hydroxylation is 1. The lowest BCUT2D eigenvalue weighted by molar-refractivity contribution is -0.107. The van der Waals surface area contributed by atoms with Gasteiger partial charge in [-0.05, 0) is 48.9 Å². The Morgan fingerprint density at radius 3 is 2.54 bits per heavy atom. The maximum atomic E-state index is 13.6. The van der Waals surface area contributed by atoms with Gasteiger partial charge >= 0.3 is 0 Å². The summed E-state index contributed by atoms with van der Waals surface area (Å²) in [6.45, 7) is 2.18. The molecule has 0 fully saturated rings. The van der Waals surface area contributed by atoms with Crippen molar-refractivity contribution in [3.05, 3.63) is 94.9 Å². The molecule has 2 aromatic heterocycles. The molecule has 5 rings (SSSR count). The molecule has 0 bridgehead atoms. The van der Waals surface area contributed by atoms with Crippen molar-refractivity contribution < 1.29 is 13.9 Å². The highest BCUT2D eigenvalue weighted by atomic mass is 79.9. The van der Waals surface area contributed by atoms with E-state index in [1.54, 1.807) is 18.2 Å². The van der Waals surface area contributed by atoms with E-state index in [0.717, 1.165) is 5.56 Å². The molecule has 35 heavy (non-hydrogen) atoms. The molecule has 2 aromatic carbocycles. The van der Waals surface area contributed by atoms with Gasteiger partial charge in [0.2, 0.25) is 0 Å². The molecule has 0 atom stereocenters. The van der Waals surface area contributed by atoms with E-state index in [1.807, 2.05) is 31.2 Å². The smallest absolute Gasteiger partial charge is 0.276 e. The number of ether oxygens (including phenoxy) is 2. The molecule has 8 nitrogen and oxygen atoms in total.